The van der Waals surface area contributed by atoms with Crippen molar-refractivity contribution in [1.29, 1.82) is 0 Å². The second-order valence-electron chi connectivity index (χ2n) is 4.12. The van der Waals surface area contributed by atoms with E-state index < -0.39 is 9.28 Å². The molecule has 0 aromatic heterocycles. The molecule has 0 unspecified atom stereocenters. The molecule has 0 spiro atoms. The van der Waals surface area contributed by atoms with Crippen molar-refractivity contribution in [2.75, 3.05) is 0 Å². The Labute approximate surface area is 103 Å². The average Bonchev–Trinajstić information content (AvgIpc) is 2.30. The maximum atomic E-state index is 9.40. The zero-order valence-electron chi connectivity index (χ0n) is 9.94. The summed E-state index contributed by atoms with van der Waals surface area (Å²) in [6, 6.07) is 13.8. The number of aryl methyl sites for hydroxylation is 1. The summed E-state index contributed by atoms with van der Waals surface area (Å²) < 4.78 is 0. The fraction of sp³-hybridized carbons (Fsp3) is 0.143. The molecule has 0 aliphatic heterocycles. The molecule has 87 valence electrons. The van der Waals surface area contributed by atoms with E-state index in [1.165, 1.54) is 5.56 Å². The molecule has 3 heteroatoms. The van der Waals surface area contributed by atoms with Crippen LogP contribution in [0.1, 0.15) is 11.1 Å². The molecule has 0 bridgehead atoms. The van der Waals surface area contributed by atoms with Gasteiger partial charge in [0.2, 0.25) is 0 Å². The van der Waals surface area contributed by atoms with E-state index in [0.29, 0.717) is 5.19 Å². The molecular weight excluding hydrogens is 228 g/mol. The van der Waals surface area contributed by atoms with Crippen LogP contribution in [0.15, 0.2) is 42.5 Å². The Balaban J connectivity index is 2.61. The first-order valence-corrected chi connectivity index (χ1v) is 6.91. The highest BCUT2D eigenvalue weighted by Crippen LogP contribution is 2.25. The lowest BCUT2D eigenvalue weighted by Gasteiger charge is -2.13. The maximum absolute atomic E-state index is 9.40. The van der Waals surface area contributed by atoms with Crippen molar-refractivity contribution in [3.8, 4) is 11.1 Å². The molecule has 0 atom stereocenters. The van der Waals surface area contributed by atoms with Crippen LogP contribution >= 0.6 is 0 Å². The largest absolute Gasteiger partial charge is 0.418 e. The Morgan fingerprint density at radius 2 is 1.47 bits per heavy atom. The van der Waals surface area contributed by atoms with Crippen molar-refractivity contribution in [3.63, 3.8) is 0 Å². The van der Waals surface area contributed by atoms with Crippen LogP contribution in [0.3, 0.4) is 0 Å². The molecule has 0 aliphatic carbocycles. The summed E-state index contributed by atoms with van der Waals surface area (Å²) in [6.45, 7) is 4.00. The zero-order chi connectivity index (χ0) is 12.4. The molecule has 0 saturated carbocycles. The number of rotatable bonds is 2. The van der Waals surface area contributed by atoms with Crippen LogP contribution in [0.25, 0.3) is 11.1 Å². The zero-order valence-corrected chi connectivity index (χ0v) is 10.9. The number of hydrogen-bond donors (Lipinski definition) is 2. The molecule has 0 aliphatic rings. The normalized spacial score (nSPS) is 10.9. The first-order valence-electron chi connectivity index (χ1n) is 5.52. The fourth-order valence-electron chi connectivity index (χ4n) is 2.04. The molecule has 2 rings (SSSR count). The van der Waals surface area contributed by atoms with Crippen LogP contribution in [-0.4, -0.2) is 18.9 Å². The van der Waals surface area contributed by atoms with Gasteiger partial charge in [-0.15, -0.1) is 0 Å². The second kappa shape index (κ2) is 4.83. The van der Waals surface area contributed by atoms with Crippen LogP contribution < -0.4 is 5.19 Å². The highest BCUT2D eigenvalue weighted by Gasteiger charge is 2.15. The first kappa shape index (κ1) is 12.0. The minimum absolute atomic E-state index is 0.663. The van der Waals surface area contributed by atoms with E-state index in [-0.39, 0.29) is 0 Å². The highest BCUT2D eigenvalue weighted by molar-refractivity contribution is 6.59. The SMILES string of the molecule is Cc1ccccc1-c1cccc([Si](O)O)c1C. The van der Waals surface area contributed by atoms with Gasteiger partial charge in [-0.05, 0) is 41.3 Å². The average molecular weight is 243 g/mol. The van der Waals surface area contributed by atoms with Gasteiger partial charge in [0, 0.05) is 0 Å². The van der Waals surface area contributed by atoms with Crippen LogP contribution in [0.5, 0.6) is 0 Å². The molecule has 2 aromatic rings. The van der Waals surface area contributed by atoms with Crippen molar-refractivity contribution in [2.24, 2.45) is 0 Å². The minimum atomic E-state index is -2.38. The maximum Gasteiger partial charge on any atom is 0.418 e. The van der Waals surface area contributed by atoms with Gasteiger partial charge in [0.05, 0.1) is 0 Å². The molecular formula is C14H15O2Si. The number of benzene rings is 2. The molecule has 0 fully saturated rings. The monoisotopic (exact) mass is 243 g/mol. The highest BCUT2D eigenvalue weighted by atomic mass is 28.3. The van der Waals surface area contributed by atoms with E-state index in [1.807, 2.05) is 31.2 Å². The topological polar surface area (TPSA) is 40.5 Å². The quantitative estimate of drug-likeness (QED) is 0.787. The van der Waals surface area contributed by atoms with Crippen LogP contribution in [-0.2, 0) is 0 Å². The molecule has 17 heavy (non-hydrogen) atoms. The van der Waals surface area contributed by atoms with Crippen molar-refractivity contribution in [2.45, 2.75) is 13.8 Å². The van der Waals surface area contributed by atoms with Crippen molar-refractivity contribution in [3.05, 3.63) is 53.6 Å². The summed E-state index contributed by atoms with van der Waals surface area (Å²) >= 11 is 0. The second-order valence-corrected chi connectivity index (χ2v) is 5.30. The summed E-state index contributed by atoms with van der Waals surface area (Å²) in [7, 11) is -2.38. The molecule has 0 heterocycles. The van der Waals surface area contributed by atoms with Gasteiger partial charge in [-0.1, -0.05) is 42.5 Å². The fourth-order valence-corrected chi connectivity index (χ4v) is 2.76. The smallest absolute Gasteiger partial charge is 0.406 e. The summed E-state index contributed by atoms with van der Waals surface area (Å²) in [5.41, 5.74) is 4.37. The summed E-state index contributed by atoms with van der Waals surface area (Å²) in [5, 5.41) is 0.663. The van der Waals surface area contributed by atoms with Crippen LogP contribution in [0, 0.1) is 13.8 Å². The molecule has 2 N–H and O–H groups in total. The van der Waals surface area contributed by atoms with Gasteiger partial charge < -0.3 is 9.59 Å². The minimum Gasteiger partial charge on any atom is -0.406 e. The van der Waals surface area contributed by atoms with E-state index in [0.717, 1.165) is 16.7 Å². The number of hydrogen-bond acceptors (Lipinski definition) is 2. The Morgan fingerprint density at radius 1 is 0.824 bits per heavy atom. The standard InChI is InChI=1S/C14H15O2Si/c1-10-6-3-4-7-12(10)13-8-5-9-14(11(13)2)17(15)16/h3-9,15-16H,1-2H3. The first-order chi connectivity index (χ1) is 8.11. The van der Waals surface area contributed by atoms with E-state index in [4.69, 9.17) is 0 Å². The summed E-state index contributed by atoms with van der Waals surface area (Å²) in [5.74, 6) is 0. The Morgan fingerprint density at radius 3 is 2.12 bits per heavy atom. The van der Waals surface area contributed by atoms with Gasteiger partial charge in [-0.2, -0.15) is 0 Å². The molecule has 2 aromatic carbocycles. The van der Waals surface area contributed by atoms with Crippen molar-refractivity contribution in [1.82, 2.24) is 0 Å². The van der Waals surface area contributed by atoms with E-state index in [9.17, 15) is 9.59 Å². The van der Waals surface area contributed by atoms with Gasteiger partial charge in [-0.3, -0.25) is 0 Å². The Hall–Kier alpha value is -1.42. The van der Waals surface area contributed by atoms with E-state index in [1.54, 1.807) is 6.07 Å². The Bertz CT molecular complexity index is 535. The molecule has 0 saturated heterocycles. The Kier molecular flexibility index (Phi) is 3.42. The summed E-state index contributed by atoms with van der Waals surface area (Å²) in [6.07, 6.45) is 0. The van der Waals surface area contributed by atoms with Crippen molar-refractivity contribution < 1.29 is 9.59 Å². The predicted octanol–water partition coefficient (Wildman–Crippen LogP) is 1.65. The lowest BCUT2D eigenvalue weighted by molar-refractivity contribution is 0.425. The van der Waals surface area contributed by atoms with Crippen molar-refractivity contribution >= 4 is 14.5 Å². The van der Waals surface area contributed by atoms with Gasteiger partial charge in [0.1, 0.15) is 0 Å². The van der Waals surface area contributed by atoms with Gasteiger partial charge in [0.25, 0.3) is 0 Å². The van der Waals surface area contributed by atoms with E-state index in [2.05, 4.69) is 19.1 Å². The van der Waals surface area contributed by atoms with E-state index >= 15 is 0 Å². The van der Waals surface area contributed by atoms with Gasteiger partial charge in [-0.25, -0.2) is 0 Å². The third-order valence-corrected chi connectivity index (χ3v) is 4.03. The third-order valence-electron chi connectivity index (χ3n) is 3.01. The lowest BCUT2D eigenvalue weighted by atomic mass is 9.97. The summed E-state index contributed by atoms with van der Waals surface area (Å²) in [4.78, 5) is 18.8. The third kappa shape index (κ3) is 2.31. The molecule has 0 amide bonds. The lowest BCUT2D eigenvalue weighted by Crippen LogP contribution is -2.32. The predicted molar refractivity (Wildman–Crippen MR) is 71.2 cm³/mol. The van der Waals surface area contributed by atoms with Crippen LogP contribution in [0.4, 0.5) is 0 Å². The van der Waals surface area contributed by atoms with Gasteiger partial charge >= 0.3 is 9.28 Å². The van der Waals surface area contributed by atoms with Gasteiger partial charge in [0.15, 0.2) is 0 Å². The molecule has 2 nitrogen and oxygen atoms in total. The molecule has 1 radical (unpaired) electrons. The van der Waals surface area contributed by atoms with Crippen LogP contribution in [0.2, 0.25) is 0 Å².